The molecule has 3 rings (SSSR count). The molecule has 7 heteroatoms. The Hall–Kier alpha value is -3.09. The summed E-state index contributed by atoms with van der Waals surface area (Å²) in [5, 5.41) is 5.55. The number of benzene rings is 1. The van der Waals surface area contributed by atoms with Gasteiger partial charge in [-0.2, -0.15) is 0 Å². The highest BCUT2D eigenvalue weighted by molar-refractivity contribution is 6.06. The molecule has 2 amide bonds. The van der Waals surface area contributed by atoms with Gasteiger partial charge in [0.1, 0.15) is 0 Å². The van der Waals surface area contributed by atoms with E-state index in [1.807, 2.05) is 0 Å². The summed E-state index contributed by atoms with van der Waals surface area (Å²) in [5.74, 6) is -1.33. The van der Waals surface area contributed by atoms with E-state index in [1.165, 1.54) is 31.2 Å². The van der Waals surface area contributed by atoms with E-state index in [4.69, 9.17) is 9.15 Å². The zero-order valence-electron chi connectivity index (χ0n) is 15.6. The Labute approximate surface area is 163 Å². The van der Waals surface area contributed by atoms with E-state index in [0.29, 0.717) is 0 Å². The van der Waals surface area contributed by atoms with E-state index in [0.717, 1.165) is 25.7 Å². The standard InChI is InChI=1S/C21H24N2O5/c24-19(22-15-8-3-1-2-4-9-15)14-28-21(26)16-10-5-6-11-17(16)23-20(25)18-12-7-13-27-18/h5-7,10-13,15H,1-4,8-9,14H2,(H,22,24)(H,23,25). The van der Waals surface area contributed by atoms with Gasteiger partial charge in [-0.15, -0.1) is 0 Å². The minimum absolute atomic E-state index is 0.131. The van der Waals surface area contributed by atoms with Crippen molar-refractivity contribution in [3.63, 3.8) is 0 Å². The Balaban J connectivity index is 1.55. The number of amides is 2. The first kappa shape index (κ1) is 19.7. The molecule has 0 saturated heterocycles. The van der Waals surface area contributed by atoms with Crippen molar-refractivity contribution in [3.05, 3.63) is 54.0 Å². The van der Waals surface area contributed by atoms with Crippen molar-refractivity contribution in [1.29, 1.82) is 0 Å². The van der Waals surface area contributed by atoms with E-state index >= 15 is 0 Å². The fraction of sp³-hybridized carbons (Fsp3) is 0.381. The number of anilines is 1. The second-order valence-corrected chi connectivity index (χ2v) is 6.81. The molecule has 0 atom stereocenters. The third kappa shape index (κ3) is 5.45. The van der Waals surface area contributed by atoms with Crippen LogP contribution >= 0.6 is 0 Å². The summed E-state index contributed by atoms with van der Waals surface area (Å²) < 4.78 is 10.2. The van der Waals surface area contributed by atoms with Gasteiger partial charge in [0.05, 0.1) is 17.5 Å². The van der Waals surface area contributed by atoms with Crippen LogP contribution in [0.15, 0.2) is 47.1 Å². The van der Waals surface area contributed by atoms with Crippen LogP contribution in [0.5, 0.6) is 0 Å². The summed E-state index contributed by atoms with van der Waals surface area (Å²) in [4.78, 5) is 36.7. The van der Waals surface area contributed by atoms with Gasteiger partial charge in [0.15, 0.2) is 12.4 Å². The van der Waals surface area contributed by atoms with Gasteiger partial charge in [0.25, 0.3) is 11.8 Å². The molecule has 1 heterocycles. The number of hydrogen-bond donors (Lipinski definition) is 2. The van der Waals surface area contributed by atoms with Crippen LogP contribution in [-0.2, 0) is 9.53 Å². The molecule has 2 N–H and O–H groups in total. The molecule has 0 bridgehead atoms. The van der Waals surface area contributed by atoms with Crippen LogP contribution in [0.25, 0.3) is 0 Å². The third-order valence-corrected chi connectivity index (χ3v) is 4.69. The summed E-state index contributed by atoms with van der Waals surface area (Å²) in [5.41, 5.74) is 0.461. The molecule has 0 aliphatic heterocycles. The Kier molecular flexibility index (Phi) is 6.84. The Bertz CT molecular complexity index is 808. The van der Waals surface area contributed by atoms with Crippen LogP contribution in [0, 0.1) is 0 Å². The highest BCUT2D eigenvalue weighted by Gasteiger charge is 2.19. The molecule has 1 fully saturated rings. The molecule has 28 heavy (non-hydrogen) atoms. The number of esters is 1. The van der Waals surface area contributed by atoms with Gasteiger partial charge in [-0.05, 0) is 37.1 Å². The van der Waals surface area contributed by atoms with Crippen molar-refractivity contribution in [2.45, 2.75) is 44.6 Å². The van der Waals surface area contributed by atoms with E-state index < -0.39 is 11.9 Å². The molecule has 1 aliphatic rings. The summed E-state index contributed by atoms with van der Waals surface area (Å²) >= 11 is 0. The highest BCUT2D eigenvalue weighted by Crippen LogP contribution is 2.19. The fourth-order valence-electron chi connectivity index (χ4n) is 3.26. The molecule has 0 spiro atoms. The molecule has 1 aliphatic carbocycles. The van der Waals surface area contributed by atoms with E-state index in [1.54, 1.807) is 24.3 Å². The maximum absolute atomic E-state index is 12.4. The Morgan fingerprint density at radius 1 is 1.00 bits per heavy atom. The van der Waals surface area contributed by atoms with Gasteiger partial charge in [-0.1, -0.05) is 37.8 Å². The molecule has 2 aromatic rings. The quantitative estimate of drug-likeness (QED) is 0.586. The number of ether oxygens (including phenoxy) is 1. The SMILES string of the molecule is O=C(COC(=O)c1ccccc1NC(=O)c1ccco1)NC1CCCCCC1. The van der Waals surface area contributed by atoms with Crippen LogP contribution in [0.2, 0.25) is 0 Å². The van der Waals surface area contributed by atoms with Crippen molar-refractivity contribution in [1.82, 2.24) is 5.32 Å². The number of hydrogen-bond acceptors (Lipinski definition) is 5. The second-order valence-electron chi connectivity index (χ2n) is 6.81. The van der Waals surface area contributed by atoms with Crippen molar-refractivity contribution < 1.29 is 23.5 Å². The first-order valence-electron chi connectivity index (χ1n) is 9.54. The molecule has 0 radical (unpaired) electrons. The molecular formula is C21H24N2O5. The zero-order chi connectivity index (χ0) is 19.8. The smallest absolute Gasteiger partial charge is 0.340 e. The lowest BCUT2D eigenvalue weighted by atomic mass is 10.1. The normalized spacial score (nSPS) is 14.7. The van der Waals surface area contributed by atoms with E-state index in [-0.39, 0.29) is 35.6 Å². The van der Waals surface area contributed by atoms with Crippen LogP contribution in [0.4, 0.5) is 5.69 Å². The van der Waals surface area contributed by atoms with E-state index in [9.17, 15) is 14.4 Å². The zero-order valence-corrected chi connectivity index (χ0v) is 15.6. The lowest BCUT2D eigenvalue weighted by Gasteiger charge is -2.16. The molecule has 7 nitrogen and oxygen atoms in total. The van der Waals surface area contributed by atoms with Crippen molar-refractivity contribution in [2.75, 3.05) is 11.9 Å². The predicted octanol–water partition coefficient (Wildman–Crippen LogP) is 3.53. The van der Waals surface area contributed by atoms with Gasteiger partial charge in [0, 0.05) is 6.04 Å². The Morgan fingerprint density at radius 3 is 2.46 bits per heavy atom. The summed E-state index contributed by atoms with van der Waals surface area (Å²) in [6, 6.07) is 9.73. The molecular weight excluding hydrogens is 360 g/mol. The summed E-state index contributed by atoms with van der Waals surface area (Å²) in [6.45, 7) is -0.351. The lowest BCUT2D eigenvalue weighted by Crippen LogP contribution is -2.37. The largest absolute Gasteiger partial charge is 0.459 e. The number of furan rings is 1. The summed E-state index contributed by atoms with van der Waals surface area (Å²) in [6.07, 6.45) is 7.91. The number of nitrogens with one attached hydrogen (secondary N) is 2. The second kappa shape index (κ2) is 9.73. The minimum atomic E-state index is -0.675. The minimum Gasteiger partial charge on any atom is -0.459 e. The number of carbonyl (C=O) groups is 3. The maximum Gasteiger partial charge on any atom is 0.340 e. The van der Waals surface area contributed by atoms with Crippen LogP contribution in [0.1, 0.15) is 59.4 Å². The van der Waals surface area contributed by atoms with Crippen LogP contribution in [0.3, 0.4) is 0 Å². The van der Waals surface area contributed by atoms with Crippen molar-refractivity contribution >= 4 is 23.5 Å². The first-order chi connectivity index (χ1) is 13.6. The lowest BCUT2D eigenvalue weighted by molar-refractivity contribution is -0.125. The predicted molar refractivity (Wildman–Crippen MR) is 103 cm³/mol. The van der Waals surface area contributed by atoms with Crippen LogP contribution < -0.4 is 10.6 Å². The average molecular weight is 384 g/mol. The fourth-order valence-corrected chi connectivity index (χ4v) is 3.26. The number of carbonyl (C=O) groups excluding carboxylic acids is 3. The Morgan fingerprint density at radius 2 is 1.75 bits per heavy atom. The van der Waals surface area contributed by atoms with Crippen LogP contribution in [-0.4, -0.2) is 30.4 Å². The average Bonchev–Trinajstić information content (AvgIpc) is 3.12. The number of rotatable bonds is 6. The first-order valence-corrected chi connectivity index (χ1v) is 9.54. The summed E-state index contributed by atoms with van der Waals surface area (Å²) in [7, 11) is 0. The molecule has 0 unspecified atom stereocenters. The molecule has 1 saturated carbocycles. The van der Waals surface area contributed by atoms with Gasteiger partial charge >= 0.3 is 5.97 Å². The van der Waals surface area contributed by atoms with Gasteiger partial charge < -0.3 is 19.8 Å². The maximum atomic E-state index is 12.4. The molecule has 1 aromatic heterocycles. The molecule has 1 aromatic carbocycles. The molecule has 148 valence electrons. The topological polar surface area (TPSA) is 97.6 Å². The van der Waals surface area contributed by atoms with Gasteiger partial charge in [0.2, 0.25) is 0 Å². The number of para-hydroxylation sites is 1. The highest BCUT2D eigenvalue weighted by atomic mass is 16.5. The van der Waals surface area contributed by atoms with Gasteiger partial charge in [-0.3, -0.25) is 9.59 Å². The van der Waals surface area contributed by atoms with E-state index in [2.05, 4.69) is 10.6 Å². The van der Waals surface area contributed by atoms with Crippen molar-refractivity contribution in [2.24, 2.45) is 0 Å². The third-order valence-electron chi connectivity index (χ3n) is 4.69. The monoisotopic (exact) mass is 384 g/mol. The van der Waals surface area contributed by atoms with Gasteiger partial charge in [-0.25, -0.2) is 4.79 Å². The van der Waals surface area contributed by atoms with Crippen molar-refractivity contribution in [3.8, 4) is 0 Å².